The number of rotatable bonds is 71. The average molecular weight is 1350 g/mol. The van der Waals surface area contributed by atoms with Crippen LogP contribution < -0.4 is 0 Å². The lowest BCUT2D eigenvalue weighted by atomic mass is 10.0. The first kappa shape index (κ1) is 90.1. The summed E-state index contributed by atoms with van der Waals surface area (Å²) in [6, 6.07) is 0. The van der Waals surface area contributed by atoms with Gasteiger partial charge >= 0.3 is 39.5 Å². The third kappa shape index (κ3) is 66.7. The number of phosphoric acid groups is 2. The van der Waals surface area contributed by atoms with Crippen molar-refractivity contribution in [2.24, 2.45) is 17.8 Å². The van der Waals surface area contributed by atoms with E-state index >= 15 is 0 Å². The summed E-state index contributed by atoms with van der Waals surface area (Å²) in [5, 5.41) is 10.6. The Labute approximate surface area is 562 Å². The molecule has 0 aromatic carbocycles. The number of phosphoric ester groups is 2. The van der Waals surface area contributed by atoms with Crippen molar-refractivity contribution in [3.05, 3.63) is 0 Å². The molecule has 0 aliphatic rings. The first-order chi connectivity index (χ1) is 44.2. The summed E-state index contributed by atoms with van der Waals surface area (Å²) in [4.78, 5) is 72.6. The number of carbonyl (C=O) groups excluding carboxylic acids is 4. The minimum Gasteiger partial charge on any atom is -0.462 e. The molecule has 17 nitrogen and oxygen atoms in total. The van der Waals surface area contributed by atoms with Crippen LogP contribution in [-0.4, -0.2) is 96.7 Å². The molecule has 0 aromatic rings. The van der Waals surface area contributed by atoms with Crippen LogP contribution >= 0.6 is 15.6 Å². The maximum atomic E-state index is 13.1. The van der Waals surface area contributed by atoms with E-state index in [9.17, 15) is 43.2 Å². The molecular weight excluding hydrogens is 1210 g/mol. The van der Waals surface area contributed by atoms with Crippen LogP contribution in [0.4, 0.5) is 0 Å². The molecule has 0 heterocycles. The number of hydrogen-bond donors (Lipinski definition) is 3. The largest absolute Gasteiger partial charge is 0.472 e. The smallest absolute Gasteiger partial charge is 0.462 e. The van der Waals surface area contributed by atoms with Gasteiger partial charge in [0.15, 0.2) is 12.2 Å². The molecule has 0 spiro atoms. The number of aliphatic hydroxyl groups excluding tert-OH is 1. The highest BCUT2D eigenvalue weighted by Gasteiger charge is 2.30. The highest BCUT2D eigenvalue weighted by Crippen LogP contribution is 2.45. The van der Waals surface area contributed by atoms with Gasteiger partial charge in [-0.1, -0.05) is 318 Å². The van der Waals surface area contributed by atoms with Gasteiger partial charge in [0.05, 0.1) is 26.4 Å². The fraction of sp³-hybridized carbons (Fsp3) is 0.945. The van der Waals surface area contributed by atoms with Crippen LogP contribution in [0.5, 0.6) is 0 Å². The van der Waals surface area contributed by atoms with E-state index in [1.165, 1.54) is 173 Å². The van der Waals surface area contributed by atoms with Gasteiger partial charge in [-0.15, -0.1) is 0 Å². The molecule has 0 aromatic heterocycles. The van der Waals surface area contributed by atoms with Crippen molar-refractivity contribution >= 4 is 39.5 Å². The summed E-state index contributed by atoms with van der Waals surface area (Å²) >= 11 is 0. The van der Waals surface area contributed by atoms with Gasteiger partial charge in [-0.2, -0.15) is 0 Å². The molecule has 0 aliphatic carbocycles. The van der Waals surface area contributed by atoms with Crippen molar-refractivity contribution in [3.63, 3.8) is 0 Å². The molecule has 0 radical (unpaired) electrons. The average Bonchev–Trinajstić information content (AvgIpc) is 2.49. The maximum absolute atomic E-state index is 13.1. The van der Waals surface area contributed by atoms with E-state index in [1.54, 1.807) is 0 Å². The second kappa shape index (κ2) is 63.8. The molecule has 19 heteroatoms. The molecule has 0 bridgehead atoms. The number of hydrogen-bond acceptors (Lipinski definition) is 15. The fourth-order valence-electron chi connectivity index (χ4n) is 11.1. The lowest BCUT2D eigenvalue weighted by molar-refractivity contribution is -0.161. The second-order valence-corrected chi connectivity index (χ2v) is 30.7. The van der Waals surface area contributed by atoms with Gasteiger partial charge in [-0.05, 0) is 43.4 Å². The minimum absolute atomic E-state index is 0.102. The zero-order valence-electron chi connectivity index (χ0n) is 60.0. The number of esters is 4. The maximum Gasteiger partial charge on any atom is 0.472 e. The van der Waals surface area contributed by atoms with Gasteiger partial charge in [0.2, 0.25) is 0 Å². The Balaban J connectivity index is 5.21. The van der Waals surface area contributed by atoms with Gasteiger partial charge in [0.1, 0.15) is 19.3 Å². The number of ether oxygens (including phenoxy) is 4. The summed E-state index contributed by atoms with van der Waals surface area (Å²) < 4.78 is 68.3. The Hall–Kier alpha value is -1.94. The summed E-state index contributed by atoms with van der Waals surface area (Å²) in [5.41, 5.74) is 0. The number of carbonyl (C=O) groups is 4. The Kier molecular flexibility index (Phi) is 62.4. The molecule has 0 fully saturated rings. The second-order valence-electron chi connectivity index (χ2n) is 27.8. The number of unbranched alkanes of at least 4 members (excludes halogenated alkanes) is 39. The molecule has 546 valence electrons. The lowest BCUT2D eigenvalue weighted by Crippen LogP contribution is -2.30. The summed E-state index contributed by atoms with van der Waals surface area (Å²) in [7, 11) is -9.90. The Bertz CT molecular complexity index is 1800. The summed E-state index contributed by atoms with van der Waals surface area (Å²) in [6.07, 6.45) is 48.9. The molecule has 92 heavy (non-hydrogen) atoms. The molecule has 5 atom stereocenters. The Morgan fingerprint density at radius 2 is 0.500 bits per heavy atom. The topological polar surface area (TPSA) is 237 Å². The van der Waals surface area contributed by atoms with E-state index in [2.05, 4.69) is 48.5 Å². The normalized spacial score (nSPS) is 14.1. The highest BCUT2D eigenvalue weighted by molar-refractivity contribution is 7.47. The first-order valence-corrected chi connectivity index (χ1v) is 40.8. The summed E-state index contributed by atoms with van der Waals surface area (Å²) in [5.74, 6) is 0.0192. The molecule has 3 N–H and O–H groups in total. The van der Waals surface area contributed by atoms with Gasteiger partial charge in [0.25, 0.3) is 0 Å². The van der Waals surface area contributed by atoms with E-state index < -0.39 is 97.5 Å². The fourth-order valence-corrected chi connectivity index (χ4v) is 12.7. The van der Waals surface area contributed by atoms with Crippen molar-refractivity contribution in [2.75, 3.05) is 39.6 Å². The molecule has 0 saturated heterocycles. The van der Waals surface area contributed by atoms with Gasteiger partial charge < -0.3 is 33.8 Å². The van der Waals surface area contributed by atoms with Crippen LogP contribution in [0.15, 0.2) is 0 Å². The Morgan fingerprint density at radius 3 is 0.739 bits per heavy atom. The lowest BCUT2D eigenvalue weighted by Gasteiger charge is -2.21. The van der Waals surface area contributed by atoms with Crippen LogP contribution in [0.3, 0.4) is 0 Å². The third-order valence-electron chi connectivity index (χ3n) is 16.9. The van der Waals surface area contributed by atoms with Crippen LogP contribution in [0.25, 0.3) is 0 Å². The Morgan fingerprint density at radius 1 is 0.293 bits per heavy atom. The van der Waals surface area contributed by atoms with E-state index in [0.717, 1.165) is 102 Å². The van der Waals surface area contributed by atoms with Gasteiger partial charge in [0, 0.05) is 25.7 Å². The molecular formula is C73H142O17P2. The van der Waals surface area contributed by atoms with Crippen LogP contribution in [0.1, 0.15) is 370 Å². The SMILES string of the molecule is CCCCCCCCCCCCCCCCCCCCCC(=O)O[C@H](COC(=O)CCCCCCCCCCCCCC(C)C)COP(=O)(O)OC[C@@H](O)COP(=O)(O)OC[C@@H](COC(=O)CCCCCCCCC(C)C)OC(=O)CCCCCCCCCC(C)C. The predicted molar refractivity (Wildman–Crippen MR) is 372 cm³/mol. The molecule has 0 rings (SSSR count). The van der Waals surface area contributed by atoms with Crippen LogP contribution in [-0.2, 0) is 65.4 Å². The molecule has 2 unspecified atom stereocenters. The van der Waals surface area contributed by atoms with Gasteiger partial charge in [-0.3, -0.25) is 37.3 Å². The minimum atomic E-state index is -4.95. The van der Waals surface area contributed by atoms with E-state index in [1.807, 2.05) is 0 Å². The standard InChI is InChI=1S/C73H142O17P2/c1-8-9-10-11-12-13-14-15-16-17-18-19-20-21-24-28-33-42-49-56-72(77)89-68(60-83-70(75)54-47-40-32-27-25-22-23-26-30-37-44-51-64(2)3)62-87-91(79,80)85-58-67(74)59-86-92(81,82)88-63-69(61-84-71(76)55-48-41-36-35-39-46-53-66(6)7)90-73(78)57-50-43-34-29-31-38-45-52-65(4)5/h64-69,74H,8-63H2,1-7H3,(H,79,80)(H,81,82)/t67-,68-,69-/m1/s1. The summed E-state index contributed by atoms with van der Waals surface area (Å²) in [6.45, 7) is 11.7. The van der Waals surface area contributed by atoms with Crippen molar-refractivity contribution in [1.82, 2.24) is 0 Å². The molecule has 0 amide bonds. The van der Waals surface area contributed by atoms with E-state index in [0.29, 0.717) is 37.5 Å². The van der Waals surface area contributed by atoms with E-state index in [4.69, 9.17) is 37.0 Å². The quantitative estimate of drug-likeness (QED) is 0.0222. The van der Waals surface area contributed by atoms with Crippen molar-refractivity contribution in [1.29, 1.82) is 0 Å². The highest BCUT2D eigenvalue weighted by atomic mass is 31.2. The van der Waals surface area contributed by atoms with Crippen molar-refractivity contribution in [2.45, 2.75) is 388 Å². The number of aliphatic hydroxyl groups is 1. The van der Waals surface area contributed by atoms with Crippen molar-refractivity contribution in [3.8, 4) is 0 Å². The van der Waals surface area contributed by atoms with Crippen LogP contribution in [0.2, 0.25) is 0 Å². The van der Waals surface area contributed by atoms with E-state index in [-0.39, 0.29) is 25.7 Å². The van der Waals surface area contributed by atoms with Crippen molar-refractivity contribution < 1.29 is 80.2 Å². The molecule has 0 saturated carbocycles. The molecule has 0 aliphatic heterocycles. The van der Waals surface area contributed by atoms with Gasteiger partial charge in [-0.25, -0.2) is 9.13 Å². The van der Waals surface area contributed by atoms with Crippen LogP contribution in [0, 0.1) is 17.8 Å². The predicted octanol–water partition coefficient (Wildman–Crippen LogP) is 21.0. The monoisotopic (exact) mass is 1350 g/mol. The first-order valence-electron chi connectivity index (χ1n) is 37.8. The zero-order valence-corrected chi connectivity index (χ0v) is 61.8. The third-order valence-corrected chi connectivity index (χ3v) is 18.8. The zero-order chi connectivity index (χ0) is 68.0.